The summed E-state index contributed by atoms with van der Waals surface area (Å²) in [5.41, 5.74) is 0.335. The Kier molecular flexibility index (Phi) is 5.33. The summed E-state index contributed by atoms with van der Waals surface area (Å²) in [6.45, 7) is 2.74. The van der Waals surface area contributed by atoms with Crippen LogP contribution in [0.25, 0.3) is 0 Å². The molecular formula is C18H20N3O5+. The van der Waals surface area contributed by atoms with Crippen molar-refractivity contribution < 1.29 is 24.5 Å². The number of fused-ring (bicyclic) bond motifs is 1. The molecule has 3 rings (SSSR count). The number of nitro benzene ring substituents is 1. The number of para-hydroxylation sites is 2. The van der Waals surface area contributed by atoms with Crippen LogP contribution in [0.1, 0.15) is 6.92 Å². The van der Waals surface area contributed by atoms with Gasteiger partial charge in [0.15, 0.2) is 23.6 Å². The molecule has 1 amide bonds. The number of nitrogens with two attached hydrogens (primary N) is 1. The van der Waals surface area contributed by atoms with Gasteiger partial charge >= 0.3 is 0 Å². The Morgan fingerprint density at radius 1 is 1.31 bits per heavy atom. The molecule has 0 radical (unpaired) electrons. The molecule has 0 aliphatic carbocycles. The van der Waals surface area contributed by atoms with E-state index in [4.69, 9.17) is 9.47 Å². The first-order chi connectivity index (χ1) is 12.5. The molecule has 1 aliphatic rings. The van der Waals surface area contributed by atoms with Gasteiger partial charge in [0.2, 0.25) is 0 Å². The van der Waals surface area contributed by atoms with Crippen LogP contribution in [0.4, 0.5) is 11.4 Å². The number of carbonyl (C=O) groups is 1. The predicted molar refractivity (Wildman–Crippen MR) is 94.3 cm³/mol. The number of quaternary nitrogens is 1. The van der Waals surface area contributed by atoms with E-state index in [0.29, 0.717) is 24.6 Å². The van der Waals surface area contributed by atoms with Gasteiger partial charge in [0.05, 0.1) is 4.92 Å². The van der Waals surface area contributed by atoms with Gasteiger partial charge in [0.1, 0.15) is 13.2 Å². The fraction of sp³-hybridized carbons (Fsp3) is 0.278. The maximum atomic E-state index is 12.3. The first-order valence-electron chi connectivity index (χ1n) is 8.30. The van der Waals surface area contributed by atoms with E-state index < -0.39 is 4.92 Å². The monoisotopic (exact) mass is 358 g/mol. The molecule has 1 heterocycles. The van der Waals surface area contributed by atoms with Crippen molar-refractivity contribution in [2.75, 3.05) is 18.5 Å². The van der Waals surface area contributed by atoms with Gasteiger partial charge in [-0.3, -0.25) is 14.9 Å². The summed E-state index contributed by atoms with van der Waals surface area (Å²) in [5.74, 6) is 1.19. The van der Waals surface area contributed by atoms with Crippen molar-refractivity contribution in [2.24, 2.45) is 0 Å². The molecule has 0 spiro atoms. The lowest BCUT2D eigenvalue weighted by atomic mass is 10.2. The van der Waals surface area contributed by atoms with Crippen molar-refractivity contribution in [1.29, 1.82) is 0 Å². The summed E-state index contributed by atoms with van der Waals surface area (Å²) in [7, 11) is 0. The molecule has 1 aliphatic heterocycles. The average molecular weight is 358 g/mol. The van der Waals surface area contributed by atoms with E-state index >= 15 is 0 Å². The topological polar surface area (TPSA) is 107 Å². The van der Waals surface area contributed by atoms with Crippen LogP contribution >= 0.6 is 0 Å². The number of anilines is 1. The number of hydrogen-bond acceptors (Lipinski definition) is 5. The van der Waals surface area contributed by atoms with Crippen LogP contribution in [-0.4, -0.2) is 36.1 Å². The van der Waals surface area contributed by atoms with Crippen LogP contribution in [0.3, 0.4) is 0 Å². The van der Waals surface area contributed by atoms with Crippen molar-refractivity contribution in [3.05, 3.63) is 58.6 Å². The zero-order valence-corrected chi connectivity index (χ0v) is 14.3. The van der Waals surface area contributed by atoms with Crippen molar-refractivity contribution in [1.82, 2.24) is 0 Å². The summed E-state index contributed by atoms with van der Waals surface area (Å²) in [6, 6.07) is 12.9. The maximum absolute atomic E-state index is 12.3. The van der Waals surface area contributed by atoms with E-state index in [1.54, 1.807) is 13.0 Å². The van der Waals surface area contributed by atoms with Crippen molar-refractivity contribution in [2.45, 2.75) is 19.1 Å². The van der Waals surface area contributed by atoms with Crippen LogP contribution in [0.15, 0.2) is 48.5 Å². The zero-order valence-electron chi connectivity index (χ0n) is 14.3. The number of hydrogen-bond donors (Lipinski definition) is 2. The Morgan fingerprint density at radius 2 is 2.08 bits per heavy atom. The minimum Gasteiger partial charge on any atom is -0.486 e. The lowest BCUT2D eigenvalue weighted by Crippen LogP contribution is -2.93. The number of carbonyl (C=O) groups excluding carboxylic acids is 1. The molecule has 26 heavy (non-hydrogen) atoms. The molecule has 3 N–H and O–H groups in total. The fourth-order valence-corrected chi connectivity index (χ4v) is 2.60. The minimum atomic E-state index is -0.497. The Bertz CT molecular complexity index is 811. The molecule has 0 fully saturated rings. The third-order valence-corrected chi connectivity index (χ3v) is 4.06. The molecule has 8 heteroatoms. The lowest BCUT2D eigenvalue weighted by molar-refractivity contribution is -0.678. The second-order valence-electron chi connectivity index (χ2n) is 6.05. The van der Waals surface area contributed by atoms with E-state index in [1.165, 1.54) is 18.2 Å². The number of amides is 1. The molecule has 0 bridgehead atoms. The Labute approximate surface area is 150 Å². The number of nitrogens with one attached hydrogen (secondary N) is 1. The Morgan fingerprint density at radius 3 is 2.85 bits per heavy atom. The van der Waals surface area contributed by atoms with Crippen LogP contribution in [-0.2, 0) is 4.79 Å². The highest BCUT2D eigenvalue weighted by Crippen LogP contribution is 2.30. The molecule has 0 saturated carbocycles. The van der Waals surface area contributed by atoms with Crippen molar-refractivity contribution >= 4 is 17.3 Å². The maximum Gasteiger partial charge on any atom is 0.282 e. The lowest BCUT2D eigenvalue weighted by Gasteiger charge is -2.26. The van der Waals surface area contributed by atoms with Crippen LogP contribution in [0.2, 0.25) is 0 Å². The molecule has 8 nitrogen and oxygen atoms in total. The number of nitro groups is 1. The Balaban J connectivity index is 1.50. The summed E-state index contributed by atoms with van der Waals surface area (Å²) in [4.78, 5) is 22.6. The minimum absolute atomic E-state index is 0.0640. The van der Waals surface area contributed by atoms with Crippen LogP contribution < -0.4 is 20.1 Å². The summed E-state index contributed by atoms with van der Waals surface area (Å²) >= 11 is 0. The molecule has 2 atom stereocenters. The molecule has 136 valence electrons. The van der Waals surface area contributed by atoms with Gasteiger partial charge in [0, 0.05) is 17.8 Å². The summed E-state index contributed by atoms with van der Waals surface area (Å²) in [5, 5.41) is 15.3. The average Bonchev–Trinajstić information content (AvgIpc) is 2.66. The normalized spacial score (nSPS) is 16.6. The second kappa shape index (κ2) is 7.83. The molecule has 2 aromatic rings. The smallest absolute Gasteiger partial charge is 0.282 e. The SMILES string of the molecule is C[C@@H]([NH2+]C[C@H]1COc2ccccc2O1)C(=O)Nc1cccc([N+](=O)[O-])c1. The first-order valence-corrected chi connectivity index (χ1v) is 8.30. The zero-order chi connectivity index (χ0) is 18.5. The van der Waals surface area contributed by atoms with Gasteiger partial charge in [-0.05, 0) is 25.1 Å². The van der Waals surface area contributed by atoms with Crippen LogP contribution in [0, 0.1) is 10.1 Å². The van der Waals surface area contributed by atoms with Gasteiger partial charge in [-0.2, -0.15) is 0 Å². The van der Waals surface area contributed by atoms with Gasteiger partial charge in [0.25, 0.3) is 11.6 Å². The van der Waals surface area contributed by atoms with Gasteiger partial charge in [-0.1, -0.05) is 18.2 Å². The fourth-order valence-electron chi connectivity index (χ4n) is 2.60. The molecule has 0 aromatic heterocycles. The number of nitrogens with zero attached hydrogens (tertiary/aromatic N) is 1. The van der Waals surface area contributed by atoms with Crippen molar-refractivity contribution in [3.8, 4) is 11.5 Å². The van der Waals surface area contributed by atoms with E-state index in [-0.39, 0.29) is 23.7 Å². The largest absolute Gasteiger partial charge is 0.486 e. The van der Waals surface area contributed by atoms with E-state index in [9.17, 15) is 14.9 Å². The van der Waals surface area contributed by atoms with E-state index in [0.717, 1.165) is 5.75 Å². The van der Waals surface area contributed by atoms with Crippen molar-refractivity contribution in [3.63, 3.8) is 0 Å². The summed E-state index contributed by atoms with van der Waals surface area (Å²) in [6.07, 6.45) is -0.155. The Hall–Kier alpha value is -3.13. The third-order valence-electron chi connectivity index (χ3n) is 4.06. The molecular weight excluding hydrogens is 338 g/mol. The van der Waals surface area contributed by atoms with E-state index in [2.05, 4.69) is 5.32 Å². The standard InChI is InChI=1S/C18H19N3O5/c1-12(18(22)20-13-5-4-6-14(9-13)21(23)24)19-10-15-11-25-16-7-2-3-8-17(16)26-15/h2-9,12,15,19H,10-11H2,1H3,(H,20,22)/p+1/t12-,15+/m1/s1. The van der Waals surface area contributed by atoms with Crippen LogP contribution in [0.5, 0.6) is 11.5 Å². The van der Waals surface area contributed by atoms with Gasteiger partial charge in [-0.15, -0.1) is 0 Å². The third kappa shape index (κ3) is 4.28. The molecule has 0 saturated heterocycles. The van der Waals surface area contributed by atoms with E-state index in [1.807, 2.05) is 29.6 Å². The summed E-state index contributed by atoms with van der Waals surface area (Å²) < 4.78 is 11.5. The number of ether oxygens (including phenoxy) is 2. The van der Waals surface area contributed by atoms with Gasteiger partial charge in [-0.25, -0.2) is 0 Å². The van der Waals surface area contributed by atoms with Gasteiger partial charge < -0.3 is 20.1 Å². The highest BCUT2D eigenvalue weighted by molar-refractivity contribution is 5.93. The number of benzene rings is 2. The first kappa shape index (κ1) is 17.7. The predicted octanol–water partition coefficient (Wildman–Crippen LogP) is 1.33. The molecule has 2 aromatic carbocycles. The quantitative estimate of drug-likeness (QED) is 0.598. The number of rotatable bonds is 6. The second-order valence-corrected chi connectivity index (χ2v) is 6.05. The molecule has 0 unspecified atom stereocenters. The number of non-ortho nitro benzene ring substituents is 1. The highest BCUT2D eigenvalue weighted by Gasteiger charge is 2.25. The highest BCUT2D eigenvalue weighted by atomic mass is 16.6.